The Morgan fingerprint density at radius 1 is 1.17 bits per heavy atom. The topological polar surface area (TPSA) is 133 Å². The maximum absolute atomic E-state index is 11.1. The van der Waals surface area contributed by atoms with Gasteiger partial charge in [0.15, 0.2) is 11.2 Å². The van der Waals surface area contributed by atoms with E-state index in [1.807, 2.05) is 10.9 Å². The van der Waals surface area contributed by atoms with E-state index in [0.717, 1.165) is 31.7 Å². The number of hydrogen-bond donors (Lipinski definition) is 2. The highest BCUT2D eigenvalue weighted by Crippen LogP contribution is 2.23. The lowest BCUT2D eigenvalue weighted by Gasteiger charge is -2.22. The van der Waals surface area contributed by atoms with Crippen molar-refractivity contribution in [2.75, 3.05) is 18.5 Å². The number of carboxylic acids is 1. The van der Waals surface area contributed by atoms with Crippen LogP contribution in [0.15, 0.2) is 42.9 Å². The molecule has 152 valence electrons. The molecule has 0 spiro atoms. The van der Waals surface area contributed by atoms with Gasteiger partial charge < -0.3 is 15.2 Å². The van der Waals surface area contributed by atoms with Gasteiger partial charge in [0.05, 0.1) is 35.4 Å². The predicted molar refractivity (Wildman–Crippen MR) is 106 cm³/mol. The summed E-state index contributed by atoms with van der Waals surface area (Å²) in [7, 11) is 0. The first-order valence-corrected chi connectivity index (χ1v) is 9.48. The normalized spacial score (nSPS) is 14.8. The standard InChI is InChI=1S/C19H18N8O3/c28-18(29)12-1-3-15(4-2-12)27-17-16(24-25-27)10-20-19(23-17)22-13-9-21-26(11-13)14-5-7-30-8-6-14/h1-4,9-11,14H,5-8H2,(H,28,29)(H,20,22,23). The number of nitrogens with zero attached hydrogens (tertiary/aromatic N) is 7. The largest absolute Gasteiger partial charge is 0.478 e. The molecule has 5 rings (SSSR count). The average molecular weight is 406 g/mol. The van der Waals surface area contributed by atoms with Crippen LogP contribution in [0.5, 0.6) is 0 Å². The summed E-state index contributed by atoms with van der Waals surface area (Å²) < 4.78 is 8.89. The van der Waals surface area contributed by atoms with Crippen molar-refractivity contribution in [3.63, 3.8) is 0 Å². The van der Waals surface area contributed by atoms with Crippen molar-refractivity contribution in [2.24, 2.45) is 0 Å². The van der Waals surface area contributed by atoms with Crippen molar-refractivity contribution in [2.45, 2.75) is 18.9 Å². The molecule has 1 aliphatic heterocycles. The van der Waals surface area contributed by atoms with Crippen molar-refractivity contribution in [3.8, 4) is 5.69 Å². The van der Waals surface area contributed by atoms with E-state index in [9.17, 15) is 4.79 Å². The van der Waals surface area contributed by atoms with Gasteiger partial charge in [0.1, 0.15) is 0 Å². The highest BCUT2D eigenvalue weighted by atomic mass is 16.5. The fourth-order valence-corrected chi connectivity index (χ4v) is 3.39. The Morgan fingerprint density at radius 2 is 1.97 bits per heavy atom. The van der Waals surface area contributed by atoms with Crippen molar-refractivity contribution in [1.82, 2.24) is 34.7 Å². The molecule has 1 aromatic carbocycles. The molecule has 4 aromatic rings. The molecule has 0 bridgehead atoms. The summed E-state index contributed by atoms with van der Waals surface area (Å²) in [6, 6.07) is 6.67. The lowest BCUT2D eigenvalue weighted by molar-refractivity contribution is 0.0662. The molecule has 2 N–H and O–H groups in total. The predicted octanol–water partition coefficient (Wildman–Crippen LogP) is 2.20. The minimum atomic E-state index is -0.986. The molecule has 11 nitrogen and oxygen atoms in total. The van der Waals surface area contributed by atoms with Gasteiger partial charge in [-0.15, -0.1) is 5.10 Å². The molecule has 0 atom stereocenters. The van der Waals surface area contributed by atoms with Crippen LogP contribution < -0.4 is 5.32 Å². The fraction of sp³-hybridized carbons (Fsp3) is 0.263. The van der Waals surface area contributed by atoms with Crippen LogP contribution in [0, 0.1) is 0 Å². The van der Waals surface area contributed by atoms with E-state index in [2.05, 4.69) is 30.7 Å². The minimum absolute atomic E-state index is 0.196. The number of aromatic nitrogens is 7. The van der Waals surface area contributed by atoms with Gasteiger partial charge in [0, 0.05) is 19.4 Å². The molecule has 1 fully saturated rings. The third-order valence-electron chi connectivity index (χ3n) is 4.97. The molecule has 30 heavy (non-hydrogen) atoms. The van der Waals surface area contributed by atoms with Crippen LogP contribution >= 0.6 is 0 Å². The Labute approximate surface area is 170 Å². The number of hydrogen-bond acceptors (Lipinski definition) is 8. The van der Waals surface area contributed by atoms with E-state index < -0.39 is 5.97 Å². The van der Waals surface area contributed by atoms with E-state index in [4.69, 9.17) is 9.84 Å². The Hall–Kier alpha value is -3.86. The van der Waals surface area contributed by atoms with Crippen molar-refractivity contribution in [3.05, 3.63) is 48.4 Å². The quantitative estimate of drug-likeness (QED) is 0.511. The van der Waals surface area contributed by atoms with Crippen LogP contribution in [0.25, 0.3) is 16.9 Å². The van der Waals surface area contributed by atoms with Gasteiger partial charge in [-0.05, 0) is 37.1 Å². The molecule has 1 aliphatic rings. The molecule has 0 radical (unpaired) electrons. The number of aromatic carboxylic acids is 1. The van der Waals surface area contributed by atoms with E-state index in [-0.39, 0.29) is 5.56 Å². The summed E-state index contributed by atoms with van der Waals surface area (Å²) in [4.78, 5) is 19.9. The molecule has 0 aliphatic carbocycles. The van der Waals surface area contributed by atoms with E-state index in [1.165, 1.54) is 12.1 Å². The zero-order chi connectivity index (χ0) is 20.5. The Balaban J connectivity index is 1.40. The van der Waals surface area contributed by atoms with Crippen LogP contribution in [0.2, 0.25) is 0 Å². The van der Waals surface area contributed by atoms with E-state index >= 15 is 0 Å². The second kappa shape index (κ2) is 7.52. The summed E-state index contributed by atoms with van der Waals surface area (Å²) in [6.07, 6.45) is 7.14. The number of benzene rings is 1. The van der Waals surface area contributed by atoms with E-state index in [0.29, 0.717) is 28.8 Å². The van der Waals surface area contributed by atoms with Crippen molar-refractivity contribution >= 4 is 28.8 Å². The number of carboxylic acid groups (broad SMARTS) is 1. The molecular formula is C19H18N8O3. The van der Waals surface area contributed by atoms with E-state index in [1.54, 1.807) is 29.2 Å². The molecular weight excluding hydrogens is 388 g/mol. The van der Waals surface area contributed by atoms with Crippen LogP contribution in [0.3, 0.4) is 0 Å². The average Bonchev–Trinajstić information content (AvgIpc) is 3.41. The van der Waals surface area contributed by atoms with Gasteiger partial charge in [-0.2, -0.15) is 14.8 Å². The zero-order valence-corrected chi connectivity index (χ0v) is 15.8. The van der Waals surface area contributed by atoms with Gasteiger partial charge in [-0.25, -0.2) is 9.78 Å². The van der Waals surface area contributed by atoms with Gasteiger partial charge in [0.25, 0.3) is 0 Å². The summed E-state index contributed by atoms with van der Waals surface area (Å²) in [5.74, 6) is -0.597. The molecule has 4 heterocycles. The summed E-state index contributed by atoms with van der Waals surface area (Å²) in [6.45, 7) is 1.50. The molecule has 0 unspecified atom stereocenters. The highest BCUT2D eigenvalue weighted by molar-refractivity contribution is 5.87. The first-order valence-electron chi connectivity index (χ1n) is 9.48. The molecule has 1 saturated heterocycles. The number of rotatable bonds is 5. The van der Waals surface area contributed by atoms with Gasteiger partial charge in [-0.3, -0.25) is 4.68 Å². The summed E-state index contributed by atoms with van der Waals surface area (Å²) in [5.41, 5.74) is 2.67. The molecule has 11 heteroatoms. The third-order valence-corrected chi connectivity index (χ3v) is 4.97. The zero-order valence-electron chi connectivity index (χ0n) is 15.8. The fourth-order valence-electron chi connectivity index (χ4n) is 3.39. The Bertz CT molecular complexity index is 1190. The van der Waals surface area contributed by atoms with Crippen LogP contribution in [-0.4, -0.2) is 59.0 Å². The van der Waals surface area contributed by atoms with Gasteiger partial charge in [0.2, 0.25) is 5.95 Å². The molecule has 0 saturated carbocycles. The number of ether oxygens (including phenoxy) is 1. The number of nitrogens with one attached hydrogen (secondary N) is 1. The first kappa shape index (κ1) is 18.2. The molecule has 3 aromatic heterocycles. The lowest BCUT2D eigenvalue weighted by Crippen LogP contribution is -2.19. The van der Waals surface area contributed by atoms with Crippen LogP contribution in [-0.2, 0) is 4.74 Å². The van der Waals surface area contributed by atoms with Crippen molar-refractivity contribution < 1.29 is 14.6 Å². The first-order chi connectivity index (χ1) is 14.7. The lowest BCUT2D eigenvalue weighted by atomic mass is 10.1. The second-order valence-electron chi connectivity index (χ2n) is 6.93. The van der Waals surface area contributed by atoms with Crippen LogP contribution in [0.4, 0.5) is 11.6 Å². The van der Waals surface area contributed by atoms with Gasteiger partial charge >= 0.3 is 5.97 Å². The maximum atomic E-state index is 11.1. The number of carbonyl (C=O) groups is 1. The second-order valence-corrected chi connectivity index (χ2v) is 6.93. The molecule has 0 amide bonds. The Kier molecular flexibility index (Phi) is 4.56. The number of fused-ring (bicyclic) bond motifs is 1. The smallest absolute Gasteiger partial charge is 0.335 e. The van der Waals surface area contributed by atoms with Crippen molar-refractivity contribution in [1.29, 1.82) is 0 Å². The van der Waals surface area contributed by atoms with Gasteiger partial charge in [-0.1, -0.05) is 5.21 Å². The monoisotopic (exact) mass is 406 g/mol. The number of anilines is 2. The Morgan fingerprint density at radius 3 is 2.73 bits per heavy atom. The SMILES string of the molecule is O=C(O)c1ccc(-n2nnc3cnc(Nc4cnn(C5CCOCC5)c4)nc32)cc1. The highest BCUT2D eigenvalue weighted by Gasteiger charge is 2.17. The summed E-state index contributed by atoms with van der Waals surface area (Å²) >= 11 is 0. The maximum Gasteiger partial charge on any atom is 0.335 e. The van der Waals surface area contributed by atoms with Crippen LogP contribution in [0.1, 0.15) is 29.2 Å². The minimum Gasteiger partial charge on any atom is -0.478 e. The third kappa shape index (κ3) is 3.46. The summed E-state index contributed by atoms with van der Waals surface area (Å²) in [5, 5.41) is 24.9.